The van der Waals surface area contributed by atoms with Crippen molar-refractivity contribution in [1.29, 1.82) is 0 Å². The number of hydrogen-bond donors (Lipinski definition) is 2. The normalized spacial score (nSPS) is 11.4. The number of aromatic hydroxyl groups is 1. The van der Waals surface area contributed by atoms with Gasteiger partial charge in [-0.2, -0.15) is 0 Å². The molecule has 1 aromatic carbocycles. The van der Waals surface area contributed by atoms with Gasteiger partial charge in [0, 0.05) is 0 Å². The van der Waals surface area contributed by atoms with E-state index in [1.165, 1.54) is 6.07 Å². The summed E-state index contributed by atoms with van der Waals surface area (Å²) < 4.78 is 0.715. The minimum Gasteiger partial charge on any atom is -0.507 e. The zero-order chi connectivity index (χ0) is 10.9. The van der Waals surface area contributed by atoms with Crippen molar-refractivity contribution in [1.82, 2.24) is 0 Å². The van der Waals surface area contributed by atoms with E-state index >= 15 is 0 Å². The van der Waals surface area contributed by atoms with Crippen LogP contribution in [0.15, 0.2) is 18.2 Å². The number of carbonyl (C=O) groups is 1. The fraction of sp³-hybridized carbons (Fsp3) is 0.300. The van der Waals surface area contributed by atoms with Crippen LogP contribution in [-0.4, -0.2) is 16.2 Å². The summed E-state index contributed by atoms with van der Waals surface area (Å²) in [6, 6.07) is 4.92. The summed E-state index contributed by atoms with van der Waals surface area (Å²) in [5, 5.41) is 18.4. The maximum absolute atomic E-state index is 10.9. The van der Waals surface area contributed by atoms with Crippen LogP contribution in [0, 0.1) is 3.57 Å². The fourth-order valence-electron chi connectivity index (χ4n) is 1.02. The molecular weight excluding hydrogens is 295 g/mol. The van der Waals surface area contributed by atoms with E-state index in [1.807, 2.05) is 22.6 Å². The van der Waals surface area contributed by atoms with Crippen molar-refractivity contribution in [3.8, 4) is 5.75 Å². The first kappa shape index (κ1) is 11.3. The Bertz CT molecular complexity index is 372. The lowest BCUT2D eigenvalue weighted by Gasteiger charge is -2.19. The second-order valence-electron chi connectivity index (χ2n) is 3.60. The van der Waals surface area contributed by atoms with Crippen LogP contribution in [-0.2, 0) is 10.2 Å². The van der Waals surface area contributed by atoms with E-state index in [9.17, 15) is 9.90 Å². The highest BCUT2D eigenvalue weighted by Gasteiger charge is 2.29. The lowest BCUT2D eigenvalue weighted by molar-refractivity contribution is -0.142. The molecule has 0 bridgehead atoms. The molecule has 0 unspecified atom stereocenters. The van der Waals surface area contributed by atoms with Gasteiger partial charge in [-0.3, -0.25) is 4.79 Å². The molecular formula is C10H11IO3. The fourth-order valence-corrected chi connectivity index (χ4v) is 1.36. The van der Waals surface area contributed by atoms with Crippen LogP contribution >= 0.6 is 22.6 Å². The Morgan fingerprint density at radius 3 is 2.43 bits per heavy atom. The summed E-state index contributed by atoms with van der Waals surface area (Å²) in [6.07, 6.45) is 0. The third kappa shape index (κ3) is 2.00. The van der Waals surface area contributed by atoms with E-state index in [1.54, 1.807) is 26.0 Å². The Labute approximate surface area is 95.9 Å². The second-order valence-corrected chi connectivity index (χ2v) is 4.76. The van der Waals surface area contributed by atoms with Crippen LogP contribution < -0.4 is 0 Å². The number of phenolic OH excluding ortho intramolecular Hbond substituents is 1. The number of halogens is 1. The molecule has 76 valence electrons. The lowest BCUT2D eigenvalue weighted by Crippen LogP contribution is -2.28. The van der Waals surface area contributed by atoms with Crippen LogP contribution in [0.4, 0.5) is 0 Å². The van der Waals surface area contributed by atoms with Crippen molar-refractivity contribution in [3.63, 3.8) is 0 Å². The average Bonchev–Trinajstić information content (AvgIpc) is 2.09. The van der Waals surface area contributed by atoms with Crippen LogP contribution in [0.5, 0.6) is 5.75 Å². The number of carboxylic acid groups (broad SMARTS) is 1. The number of benzene rings is 1. The zero-order valence-corrected chi connectivity index (χ0v) is 10.1. The summed E-state index contributed by atoms with van der Waals surface area (Å²) in [4.78, 5) is 10.9. The number of carboxylic acids is 1. The molecule has 0 aliphatic heterocycles. The highest BCUT2D eigenvalue weighted by atomic mass is 127. The molecule has 4 heteroatoms. The first-order valence-electron chi connectivity index (χ1n) is 4.08. The third-order valence-corrected chi connectivity index (χ3v) is 3.11. The highest BCUT2D eigenvalue weighted by molar-refractivity contribution is 14.1. The molecule has 0 fully saturated rings. The molecule has 0 saturated carbocycles. The van der Waals surface area contributed by atoms with Gasteiger partial charge >= 0.3 is 5.97 Å². The van der Waals surface area contributed by atoms with Crippen LogP contribution in [0.1, 0.15) is 19.4 Å². The molecule has 0 heterocycles. The molecule has 0 aliphatic carbocycles. The number of hydrogen-bond acceptors (Lipinski definition) is 2. The SMILES string of the molecule is CC(C)(C(=O)O)c1ccc(I)c(O)c1. The van der Waals surface area contributed by atoms with Gasteiger partial charge in [0.25, 0.3) is 0 Å². The summed E-state index contributed by atoms with van der Waals surface area (Å²) >= 11 is 1.99. The predicted molar refractivity (Wildman–Crippen MR) is 61.5 cm³/mol. The Morgan fingerprint density at radius 2 is 2.00 bits per heavy atom. The van der Waals surface area contributed by atoms with E-state index < -0.39 is 11.4 Å². The second kappa shape index (κ2) is 3.76. The van der Waals surface area contributed by atoms with Gasteiger partial charge in [0.15, 0.2) is 0 Å². The minimum absolute atomic E-state index is 0.123. The minimum atomic E-state index is -0.970. The summed E-state index contributed by atoms with van der Waals surface area (Å²) in [5.74, 6) is -0.782. The Hall–Kier alpha value is -0.780. The molecule has 0 atom stereocenters. The van der Waals surface area contributed by atoms with Crippen LogP contribution in [0.2, 0.25) is 0 Å². The predicted octanol–water partition coefficient (Wildman–Crippen LogP) is 2.36. The van der Waals surface area contributed by atoms with Gasteiger partial charge in [0.05, 0.1) is 8.99 Å². The molecule has 14 heavy (non-hydrogen) atoms. The van der Waals surface area contributed by atoms with Crippen LogP contribution in [0.25, 0.3) is 0 Å². The van der Waals surface area contributed by atoms with Gasteiger partial charge in [-0.05, 0) is 54.1 Å². The van der Waals surface area contributed by atoms with E-state index in [4.69, 9.17) is 5.11 Å². The van der Waals surface area contributed by atoms with Crippen LogP contribution in [0.3, 0.4) is 0 Å². The van der Waals surface area contributed by atoms with Gasteiger partial charge in [0.1, 0.15) is 5.75 Å². The average molecular weight is 306 g/mol. The Balaban J connectivity index is 3.21. The van der Waals surface area contributed by atoms with Gasteiger partial charge < -0.3 is 10.2 Å². The molecule has 1 rings (SSSR count). The standard InChI is InChI=1S/C10H11IO3/c1-10(2,9(13)14)6-3-4-7(11)8(12)5-6/h3-5,12H,1-2H3,(H,13,14). The van der Waals surface area contributed by atoms with E-state index in [2.05, 4.69) is 0 Å². The molecule has 3 nitrogen and oxygen atoms in total. The van der Waals surface area contributed by atoms with Gasteiger partial charge in [-0.1, -0.05) is 6.07 Å². The van der Waals surface area contributed by atoms with Crippen molar-refractivity contribution in [3.05, 3.63) is 27.3 Å². The highest BCUT2D eigenvalue weighted by Crippen LogP contribution is 2.29. The molecule has 1 aromatic rings. The van der Waals surface area contributed by atoms with Crippen molar-refractivity contribution in [2.24, 2.45) is 0 Å². The maximum atomic E-state index is 10.9. The first-order chi connectivity index (χ1) is 6.35. The monoisotopic (exact) mass is 306 g/mol. The van der Waals surface area contributed by atoms with Crippen molar-refractivity contribution >= 4 is 28.6 Å². The molecule has 0 radical (unpaired) electrons. The van der Waals surface area contributed by atoms with Crippen molar-refractivity contribution in [2.75, 3.05) is 0 Å². The Kier molecular flexibility index (Phi) is 3.04. The molecule has 2 N–H and O–H groups in total. The number of phenols is 1. The quantitative estimate of drug-likeness (QED) is 0.825. The molecule has 0 amide bonds. The first-order valence-corrected chi connectivity index (χ1v) is 5.16. The van der Waals surface area contributed by atoms with E-state index in [0.717, 1.165) is 0 Å². The zero-order valence-electron chi connectivity index (χ0n) is 7.91. The lowest BCUT2D eigenvalue weighted by atomic mass is 9.85. The third-order valence-electron chi connectivity index (χ3n) is 2.20. The van der Waals surface area contributed by atoms with E-state index in [-0.39, 0.29) is 5.75 Å². The molecule has 0 saturated heterocycles. The van der Waals surface area contributed by atoms with Gasteiger partial charge in [0.2, 0.25) is 0 Å². The summed E-state index contributed by atoms with van der Waals surface area (Å²) in [7, 11) is 0. The smallest absolute Gasteiger partial charge is 0.313 e. The molecule has 0 aliphatic rings. The number of aliphatic carboxylic acids is 1. The Morgan fingerprint density at radius 1 is 1.43 bits per heavy atom. The molecule has 0 spiro atoms. The van der Waals surface area contributed by atoms with Gasteiger partial charge in [-0.15, -0.1) is 0 Å². The van der Waals surface area contributed by atoms with Crippen molar-refractivity contribution < 1.29 is 15.0 Å². The summed E-state index contributed by atoms with van der Waals surface area (Å²) in [6.45, 7) is 3.22. The number of rotatable bonds is 2. The van der Waals surface area contributed by atoms with Crippen molar-refractivity contribution in [2.45, 2.75) is 19.3 Å². The maximum Gasteiger partial charge on any atom is 0.313 e. The van der Waals surface area contributed by atoms with E-state index in [0.29, 0.717) is 9.13 Å². The topological polar surface area (TPSA) is 57.5 Å². The summed E-state index contributed by atoms with van der Waals surface area (Å²) in [5.41, 5.74) is -0.370. The van der Waals surface area contributed by atoms with Gasteiger partial charge in [-0.25, -0.2) is 0 Å². The largest absolute Gasteiger partial charge is 0.507 e. The molecule has 0 aromatic heterocycles.